The Morgan fingerprint density at radius 3 is 2.16 bits per heavy atom. The average Bonchev–Trinajstić information content (AvgIpc) is 2.68. The summed E-state index contributed by atoms with van der Waals surface area (Å²) < 4.78 is 0. The smallest absolute Gasteiger partial charge is 0.236 e. The number of thiocarbonyl (C=S) groups is 1. The average molecular weight is 283 g/mol. The standard InChI is InChI=1S/C14H25N3OS/c15-14(19)12-5-9-16(10-6-12)11-13(18)17-7-3-1-2-4-8-17/h12H,1-11H2,(H2,15,19). The zero-order valence-corrected chi connectivity index (χ0v) is 12.5. The fourth-order valence-electron chi connectivity index (χ4n) is 2.99. The van der Waals surface area contributed by atoms with Gasteiger partial charge >= 0.3 is 0 Å². The first-order chi connectivity index (χ1) is 9.16. The van der Waals surface area contributed by atoms with Crippen LogP contribution < -0.4 is 5.73 Å². The number of hydrogen-bond acceptors (Lipinski definition) is 3. The second-order valence-corrected chi connectivity index (χ2v) is 6.22. The molecule has 0 aliphatic carbocycles. The number of hydrogen-bond donors (Lipinski definition) is 1. The molecule has 0 saturated carbocycles. The Balaban J connectivity index is 1.75. The van der Waals surface area contributed by atoms with Crippen LogP contribution in [0.5, 0.6) is 0 Å². The number of carbonyl (C=O) groups is 1. The molecule has 108 valence electrons. The van der Waals surface area contributed by atoms with Gasteiger partial charge in [-0.25, -0.2) is 0 Å². The van der Waals surface area contributed by atoms with Gasteiger partial charge in [-0.3, -0.25) is 9.69 Å². The SMILES string of the molecule is NC(=S)C1CCN(CC(=O)N2CCCCCC2)CC1. The van der Waals surface area contributed by atoms with Crippen LogP contribution in [0, 0.1) is 5.92 Å². The highest BCUT2D eigenvalue weighted by molar-refractivity contribution is 7.80. The summed E-state index contributed by atoms with van der Waals surface area (Å²) in [5.41, 5.74) is 5.69. The number of carbonyl (C=O) groups excluding carboxylic acids is 1. The van der Waals surface area contributed by atoms with E-state index in [-0.39, 0.29) is 0 Å². The van der Waals surface area contributed by atoms with E-state index < -0.39 is 0 Å². The summed E-state index contributed by atoms with van der Waals surface area (Å²) in [6, 6.07) is 0. The van der Waals surface area contributed by atoms with Gasteiger partial charge < -0.3 is 10.6 Å². The molecule has 1 amide bonds. The number of nitrogens with two attached hydrogens (primary N) is 1. The fourth-order valence-corrected chi connectivity index (χ4v) is 3.22. The molecule has 0 aromatic carbocycles. The van der Waals surface area contributed by atoms with Gasteiger partial charge in [0, 0.05) is 19.0 Å². The molecule has 0 radical (unpaired) electrons. The van der Waals surface area contributed by atoms with E-state index in [2.05, 4.69) is 4.90 Å². The molecule has 0 unspecified atom stereocenters. The van der Waals surface area contributed by atoms with Crippen molar-refractivity contribution in [1.29, 1.82) is 0 Å². The third-order valence-electron chi connectivity index (χ3n) is 4.31. The lowest BCUT2D eigenvalue weighted by molar-refractivity contribution is -0.132. The van der Waals surface area contributed by atoms with E-state index in [1.165, 1.54) is 12.8 Å². The topological polar surface area (TPSA) is 49.6 Å². The molecule has 2 aliphatic heterocycles. The number of nitrogens with zero attached hydrogens (tertiary/aromatic N) is 2. The maximum Gasteiger partial charge on any atom is 0.236 e. The van der Waals surface area contributed by atoms with E-state index >= 15 is 0 Å². The van der Waals surface area contributed by atoms with Crippen LogP contribution in [0.1, 0.15) is 38.5 Å². The van der Waals surface area contributed by atoms with Gasteiger partial charge in [0.05, 0.1) is 11.5 Å². The Morgan fingerprint density at radius 1 is 1.05 bits per heavy atom. The van der Waals surface area contributed by atoms with E-state index in [1.807, 2.05) is 4.90 Å². The maximum atomic E-state index is 12.3. The molecule has 4 nitrogen and oxygen atoms in total. The van der Waals surface area contributed by atoms with Crippen molar-refractivity contribution in [3.8, 4) is 0 Å². The molecule has 2 heterocycles. The zero-order valence-electron chi connectivity index (χ0n) is 11.6. The lowest BCUT2D eigenvalue weighted by atomic mass is 9.97. The van der Waals surface area contributed by atoms with Crippen molar-refractivity contribution in [2.45, 2.75) is 38.5 Å². The Hall–Kier alpha value is -0.680. The van der Waals surface area contributed by atoms with Gasteiger partial charge in [0.25, 0.3) is 0 Å². The van der Waals surface area contributed by atoms with Crippen LogP contribution in [0.3, 0.4) is 0 Å². The Labute approximate surface area is 121 Å². The minimum Gasteiger partial charge on any atom is -0.393 e. The second-order valence-electron chi connectivity index (χ2n) is 5.75. The van der Waals surface area contributed by atoms with Crippen LogP contribution in [0.4, 0.5) is 0 Å². The highest BCUT2D eigenvalue weighted by Gasteiger charge is 2.24. The molecule has 0 spiro atoms. The lowest BCUT2D eigenvalue weighted by Gasteiger charge is -2.32. The van der Waals surface area contributed by atoms with E-state index in [4.69, 9.17) is 18.0 Å². The third-order valence-corrected chi connectivity index (χ3v) is 4.64. The molecule has 0 aromatic heterocycles. The third kappa shape index (κ3) is 4.42. The molecular formula is C14H25N3OS. The second kappa shape index (κ2) is 7.20. The van der Waals surface area contributed by atoms with Gasteiger partial charge in [0.15, 0.2) is 0 Å². The van der Waals surface area contributed by atoms with Crippen LogP contribution in [0.25, 0.3) is 0 Å². The number of amides is 1. The summed E-state index contributed by atoms with van der Waals surface area (Å²) in [6.45, 7) is 4.36. The Kier molecular flexibility index (Phi) is 5.58. The van der Waals surface area contributed by atoms with E-state index in [0.29, 0.717) is 23.4 Å². The lowest BCUT2D eigenvalue weighted by Crippen LogP contribution is -2.45. The number of piperidine rings is 1. The van der Waals surface area contributed by atoms with E-state index in [9.17, 15) is 4.79 Å². The first-order valence-electron chi connectivity index (χ1n) is 7.46. The molecule has 2 saturated heterocycles. The van der Waals surface area contributed by atoms with Crippen molar-refractivity contribution in [2.75, 3.05) is 32.7 Å². The highest BCUT2D eigenvalue weighted by Crippen LogP contribution is 2.18. The summed E-state index contributed by atoms with van der Waals surface area (Å²) in [5.74, 6) is 0.676. The molecule has 2 N–H and O–H groups in total. The molecule has 2 aliphatic rings. The van der Waals surface area contributed by atoms with Gasteiger partial charge in [0.1, 0.15) is 0 Å². The molecule has 5 heteroatoms. The van der Waals surface area contributed by atoms with Crippen molar-refractivity contribution >= 4 is 23.1 Å². The van der Waals surface area contributed by atoms with Gasteiger partial charge in [-0.1, -0.05) is 25.1 Å². The van der Waals surface area contributed by atoms with Crippen molar-refractivity contribution < 1.29 is 4.79 Å². The van der Waals surface area contributed by atoms with Crippen molar-refractivity contribution in [3.05, 3.63) is 0 Å². The van der Waals surface area contributed by atoms with Crippen LogP contribution in [-0.4, -0.2) is 53.4 Å². The zero-order chi connectivity index (χ0) is 13.7. The Morgan fingerprint density at radius 2 is 1.63 bits per heavy atom. The molecule has 0 aromatic rings. The maximum absolute atomic E-state index is 12.3. The minimum atomic E-state index is 0.302. The summed E-state index contributed by atoms with van der Waals surface area (Å²) in [6.07, 6.45) is 6.86. The van der Waals surface area contributed by atoms with Gasteiger partial charge in [-0.2, -0.15) is 0 Å². The highest BCUT2D eigenvalue weighted by atomic mass is 32.1. The summed E-state index contributed by atoms with van der Waals surface area (Å²) in [4.78, 5) is 17.2. The number of rotatable bonds is 3. The van der Waals surface area contributed by atoms with E-state index in [1.54, 1.807) is 0 Å². The molecule has 19 heavy (non-hydrogen) atoms. The molecule has 2 fully saturated rings. The molecule has 2 rings (SSSR count). The fraction of sp³-hybridized carbons (Fsp3) is 0.857. The van der Waals surface area contributed by atoms with Crippen LogP contribution in [0.2, 0.25) is 0 Å². The van der Waals surface area contributed by atoms with Crippen LogP contribution in [-0.2, 0) is 4.79 Å². The van der Waals surface area contributed by atoms with Crippen LogP contribution >= 0.6 is 12.2 Å². The molecule has 0 atom stereocenters. The van der Waals surface area contributed by atoms with Crippen molar-refractivity contribution in [1.82, 2.24) is 9.80 Å². The largest absolute Gasteiger partial charge is 0.393 e. The summed E-state index contributed by atoms with van der Waals surface area (Å²) in [7, 11) is 0. The monoisotopic (exact) mass is 283 g/mol. The molecular weight excluding hydrogens is 258 g/mol. The van der Waals surface area contributed by atoms with Crippen molar-refractivity contribution in [2.24, 2.45) is 11.7 Å². The number of likely N-dealkylation sites (tertiary alicyclic amines) is 2. The first-order valence-corrected chi connectivity index (χ1v) is 7.87. The normalized spacial score (nSPS) is 23.1. The minimum absolute atomic E-state index is 0.302. The molecule has 0 bridgehead atoms. The van der Waals surface area contributed by atoms with Gasteiger partial charge in [-0.05, 0) is 38.8 Å². The quantitative estimate of drug-likeness (QED) is 0.795. The van der Waals surface area contributed by atoms with Crippen molar-refractivity contribution in [3.63, 3.8) is 0 Å². The van der Waals surface area contributed by atoms with Gasteiger partial charge in [-0.15, -0.1) is 0 Å². The van der Waals surface area contributed by atoms with E-state index in [0.717, 1.165) is 51.9 Å². The van der Waals surface area contributed by atoms with Crippen LogP contribution in [0.15, 0.2) is 0 Å². The predicted octanol–water partition coefficient (Wildman–Crippen LogP) is 1.39. The summed E-state index contributed by atoms with van der Waals surface area (Å²) >= 11 is 5.04. The van der Waals surface area contributed by atoms with Gasteiger partial charge in [0.2, 0.25) is 5.91 Å². The Bertz CT molecular complexity index is 319. The predicted molar refractivity (Wildman–Crippen MR) is 81.0 cm³/mol. The summed E-state index contributed by atoms with van der Waals surface area (Å²) in [5, 5.41) is 0. The first kappa shape index (κ1) is 14.7.